The maximum Gasteiger partial charge on any atom is 0.416 e. The Hall–Kier alpha value is -1.59. The fourth-order valence-electron chi connectivity index (χ4n) is 1.37. The summed E-state index contributed by atoms with van der Waals surface area (Å²) in [7, 11) is 0. The van der Waals surface area contributed by atoms with Crippen LogP contribution in [0, 0.1) is 11.7 Å². The molecule has 0 fully saturated rings. The molecule has 1 N–H and O–H groups in total. The minimum atomic E-state index is -4.64. The van der Waals surface area contributed by atoms with Crippen molar-refractivity contribution in [1.29, 1.82) is 0 Å². The molecule has 0 radical (unpaired) electrons. The summed E-state index contributed by atoms with van der Waals surface area (Å²) in [5.41, 5.74) is -1.09. The second-order valence-corrected chi connectivity index (χ2v) is 3.79. The van der Waals surface area contributed by atoms with Gasteiger partial charge >= 0.3 is 12.1 Å². The lowest BCUT2D eigenvalue weighted by molar-refractivity contribution is -0.141. The van der Waals surface area contributed by atoms with Crippen LogP contribution in [-0.4, -0.2) is 11.1 Å². The van der Waals surface area contributed by atoms with Gasteiger partial charge in [0.1, 0.15) is 5.82 Å². The molecule has 1 aromatic carbocycles. The smallest absolute Gasteiger partial charge is 0.416 e. The van der Waals surface area contributed by atoms with Crippen LogP contribution in [0.1, 0.15) is 18.1 Å². The zero-order valence-electron chi connectivity index (χ0n) is 8.88. The van der Waals surface area contributed by atoms with Gasteiger partial charge in [-0.2, -0.15) is 13.2 Å². The maximum absolute atomic E-state index is 13.0. The Morgan fingerprint density at radius 3 is 2.41 bits per heavy atom. The fraction of sp³-hybridized carbons (Fsp3) is 0.364. The number of benzene rings is 1. The highest BCUT2D eigenvalue weighted by atomic mass is 19.4. The molecule has 2 nitrogen and oxygen atoms in total. The quantitative estimate of drug-likeness (QED) is 0.837. The van der Waals surface area contributed by atoms with Crippen molar-refractivity contribution in [1.82, 2.24) is 0 Å². The third-order valence-electron chi connectivity index (χ3n) is 2.25. The van der Waals surface area contributed by atoms with E-state index in [1.54, 1.807) is 0 Å². The Bertz CT molecular complexity index is 426. The lowest BCUT2D eigenvalue weighted by Gasteiger charge is -2.11. The first kappa shape index (κ1) is 13.5. The monoisotopic (exact) mass is 250 g/mol. The minimum Gasteiger partial charge on any atom is -0.481 e. The van der Waals surface area contributed by atoms with E-state index in [1.165, 1.54) is 6.92 Å². The average Bonchev–Trinajstić information content (AvgIpc) is 2.15. The average molecular weight is 250 g/mol. The molecular weight excluding hydrogens is 240 g/mol. The SMILES string of the molecule is CC(Cc1cc(F)cc(C(F)(F)F)c1)C(=O)O. The molecule has 94 valence electrons. The van der Waals surface area contributed by atoms with Gasteiger partial charge in [-0.1, -0.05) is 6.92 Å². The minimum absolute atomic E-state index is 0.0206. The second kappa shape index (κ2) is 4.73. The van der Waals surface area contributed by atoms with E-state index in [0.29, 0.717) is 6.07 Å². The van der Waals surface area contributed by atoms with Gasteiger partial charge in [0, 0.05) is 0 Å². The van der Waals surface area contributed by atoms with Crippen molar-refractivity contribution in [2.75, 3.05) is 0 Å². The first-order chi connectivity index (χ1) is 7.70. The molecule has 6 heteroatoms. The normalized spacial score (nSPS) is 13.5. The number of hydrogen-bond donors (Lipinski definition) is 1. The third kappa shape index (κ3) is 3.72. The van der Waals surface area contributed by atoms with Gasteiger partial charge in [0.2, 0.25) is 0 Å². The van der Waals surface area contributed by atoms with Crippen LogP contribution in [-0.2, 0) is 17.4 Å². The van der Waals surface area contributed by atoms with Crippen molar-refractivity contribution in [3.8, 4) is 0 Å². The van der Waals surface area contributed by atoms with Gasteiger partial charge in [-0.05, 0) is 30.2 Å². The summed E-state index contributed by atoms with van der Waals surface area (Å²) in [6, 6.07) is 2.06. The molecule has 1 atom stereocenters. The van der Waals surface area contributed by atoms with Gasteiger partial charge in [0.15, 0.2) is 0 Å². The molecule has 0 heterocycles. The molecule has 0 spiro atoms. The maximum atomic E-state index is 13.0. The van der Waals surface area contributed by atoms with Crippen LogP contribution in [0.15, 0.2) is 18.2 Å². The molecule has 17 heavy (non-hydrogen) atoms. The zero-order valence-corrected chi connectivity index (χ0v) is 8.88. The summed E-state index contributed by atoms with van der Waals surface area (Å²) in [6.07, 6.45) is -4.78. The van der Waals surface area contributed by atoms with E-state index in [4.69, 9.17) is 5.11 Å². The van der Waals surface area contributed by atoms with Crippen LogP contribution in [0.3, 0.4) is 0 Å². The Balaban J connectivity index is 3.02. The highest BCUT2D eigenvalue weighted by Gasteiger charge is 2.31. The number of rotatable bonds is 3. The van der Waals surface area contributed by atoms with Crippen molar-refractivity contribution in [3.05, 3.63) is 35.1 Å². The number of alkyl halides is 3. The van der Waals surface area contributed by atoms with Gasteiger partial charge in [0.05, 0.1) is 11.5 Å². The number of carbonyl (C=O) groups is 1. The van der Waals surface area contributed by atoms with Gasteiger partial charge in [-0.15, -0.1) is 0 Å². The fourth-order valence-corrected chi connectivity index (χ4v) is 1.37. The van der Waals surface area contributed by atoms with Crippen molar-refractivity contribution >= 4 is 5.97 Å². The molecular formula is C11H10F4O2. The molecule has 1 aromatic rings. The number of carboxylic acid groups (broad SMARTS) is 1. The van der Waals surface area contributed by atoms with Crippen molar-refractivity contribution in [2.45, 2.75) is 19.5 Å². The molecule has 1 unspecified atom stereocenters. The number of halogens is 4. The van der Waals surface area contributed by atoms with Crippen LogP contribution in [0.2, 0.25) is 0 Å². The molecule has 0 saturated heterocycles. The lowest BCUT2D eigenvalue weighted by atomic mass is 9.99. The molecule has 0 amide bonds. The van der Waals surface area contributed by atoms with E-state index in [1.807, 2.05) is 0 Å². The Labute approximate surface area is 94.9 Å². The molecule has 0 aromatic heterocycles. The topological polar surface area (TPSA) is 37.3 Å². The number of aliphatic carboxylic acids is 1. The number of hydrogen-bond acceptors (Lipinski definition) is 1. The van der Waals surface area contributed by atoms with Crippen molar-refractivity contribution < 1.29 is 27.5 Å². The van der Waals surface area contributed by atoms with Crippen LogP contribution >= 0.6 is 0 Å². The Morgan fingerprint density at radius 1 is 1.35 bits per heavy atom. The lowest BCUT2D eigenvalue weighted by Crippen LogP contribution is -2.13. The molecule has 0 aliphatic carbocycles. The van der Waals surface area contributed by atoms with E-state index in [2.05, 4.69) is 0 Å². The van der Waals surface area contributed by atoms with Gasteiger partial charge < -0.3 is 5.11 Å². The van der Waals surface area contributed by atoms with E-state index in [9.17, 15) is 22.4 Å². The van der Waals surface area contributed by atoms with E-state index < -0.39 is 29.4 Å². The van der Waals surface area contributed by atoms with Crippen LogP contribution in [0.4, 0.5) is 17.6 Å². The first-order valence-corrected chi connectivity index (χ1v) is 4.79. The van der Waals surface area contributed by atoms with Gasteiger partial charge in [-0.3, -0.25) is 4.79 Å². The third-order valence-corrected chi connectivity index (χ3v) is 2.25. The summed E-state index contributed by atoms with van der Waals surface area (Å²) in [5.74, 6) is -3.02. The molecule has 1 rings (SSSR count). The summed E-state index contributed by atoms with van der Waals surface area (Å²) >= 11 is 0. The summed E-state index contributed by atoms with van der Waals surface area (Å²) in [4.78, 5) is 10.6. The van der Waals surface area contributed by atoms with Crippen molar-refractivity contribution in [3.63, 3.8) is 0 Å². The first-order valence-electron chi connectivity index (χ1n) is 4.79. The summed E-state index contributed by atoms with van der Waals surface area (Å²) in [5, 5.41) is 8.63. The Morgan fingerprint density at radius 2 is 1.94 bits per heavy atom. The Kier molecular flexibility index (Phi) is 3.75. The summed E-state index contributed by atoms with van der Waals surface area (Å²) < 4.78 is 50.0. The van der Waals surface area contributed by atoms with Gasteiger partial charge in [0.25, 0.3) is 0 Å². The molecule has 0 bridgehead atoms. The molecule has 0 aliphatic heterocycles. The van der Waals surface area contributed by atoms with Crippen LogP contribution in [0.5, 0.6) is 0 Å². The zero-order chi connectivity index (χ0) is 13.2. The molecule has 0 saturated carbocycles. The molecule has 0 aliphatic rings. The van der Waals surface area contributed by atoms with E-state index >= 15 is 0 Å². The van der Waals surface area contributed by atoms with Gasteiger partial charge in [-0.25, -0.2) is 4.39 Å². The highest BCUT2D eigenvalue weighted by molar-refractivity contribution is 5.69. The van der Waals surface area contributed by atoms with E-state index in [-0.39, 0.29) is 12.0 Å². The second-order valence-electron chi connectivity index (χ2n) is 3.79. The largest absolute Gasteiger partial charge is 0.481 e. The van der Waals surface area contributed by atoms with Crippen LogP contribution < -0.4 is 0 Å². The highest BCUT2D eigenvalue weighted by Crippen LogP contribution is 2.30. The standard InChI is InChI=1S/C11H10F4O2/c1-6(10(16)17)2-7-3-8(11(13,14)15)5-9(12)4-7/h3-6H,2H2,1H3,(H,16,17). The predicted octanol–water partition coefficient (Wildman–Crippen LogP) is 3.11. The predicted molar refractivity (Wildman–Crippen MR) is 51.9 cm³/mol. The number of carboxylic acids is 1. The van der Waals surface area contributed by atoms with Crippen molar-refractivity contribution in [2.24, 2.45) is 5.92 Å². The van der Waals surface area contributed by atoms with Crippen LogP contribution in [0.25, 0.3) is 0 Å². The van der Waals surface area contributed by atoms with E-state index in [0.717, 1.165) is 12.1 Å². The summed E-state index contributed by atoms with van der Waals surface area (Å²) in [6.45, 7) is 1.35.